The third-order valence-corrected chi connectivity index (χ3v) is 3.66. The summed E-state index contributed by atoms with van der Waals surface area (Å²) in [7, 11) is 5.25. The predicted octanol–water partition coefficient (Wildman–Crippen LogP) is 1.01. The van der Waals surface area contributed by atoms with Crippen LogP contribution in [-0.4, -0.2) is 48.1 Å². The van der Waals surface area contributed by atoms with Crippen molar-refractivity contribution in [2.45, 2.75) is 20.0 Å². The van der Waals surface area contributed by atoms with Crippen LogP contribution >= 0.6 is 0 Å². The summed E-state index contributed by atoms with van der Waals surface area (Å²) in [5.41, 5.74) is 2.21. The first kappa shape index (κ1) is 18.7. The molecule has 1 aromatic heterocycles. The molecule has 25 heavy (non-hydrogen) atoms. The summed E-state index contributed by atoms with van der Waals surface area (Å²) in [4.78, 5) is 8.41. The maximum absolute atomic E-state index is 5.81. The van der Waals surface area contributed by atoms with Crippen molar-refractivity contribution in [3.63, 3.8) is 0 Å². The highest BCUT2D eigenvalue weighted by atomic mass is 16.5. The highest BCUT2D eigenvalue weighted by Crippen LogP contribution is 2.20. The molecule has 0 fully saturated rings. The first-order valence-electron chi connectivity index (χ1n) is 8.12. The predicted molar refractivity (Wildman–Crippen MR) is 96.6 cm³/mol. The van der Waals surface area contributed by atoms with E-state index in [1.54, 1.807) is 18.8 Å². The molecule has 0 spiro atoms. The third kappa shape index (κ3) is 5.75. The van der Waals surface area contributed by atoms with Crippen molar-refractivity contribution in [2.75, 3.05) is 27.4 Å². The number of aromatic nitrogens is 3. The molecule has 0 unspecified atom stereocenters. The minimum atomic E-state index is 0.520. The summed E-state index contributed by atoms with van der Waals surface area (Å²) in [6, 6.07) is 6.15. The number of nitrogens with one attached hydrogen (secondary N) is 2. The molecule has 0 aliphatic carbocycles. The van der Waals surface area contributed by atoms with Crippen molar-refractivity contribution in [2.24, 2.45) is 12.0 Å². The van der Waals surface area contributed by atoms with Gasteiger partial charge in [0.1, 0.15) is 24.5 Å². The van der Waals surface area contributed by atoms with Crippen molar-refractivity contribution in [1.82, 2.24) is 25.4 Å². The van der Waals surface area contributed by atoms with Crippen LogP contribution in [0.3, 0.4) is 0 Å². The Morgan fingerprint density at radius 2 is 2.04 bits per heavy atom. The maximum atomic E-state index is 5.81. The Bertz CT molecular complexity index is 698. The van der Waals surface area contributed by atoms with E-state index in [-0.39, 0.29) is 0 Å². The molecular formula is C17H26N6O2. The second-order valence-corrected chi connectivity index (χ2v) is 5.53. The minimum Gasteiger partial charge on any atom is -0.491 e. The third-order valence-electron chi connectivity index (χ3n) is 3.66. The van der Waals surface area contributed by atoms with Gasteiger partial charge in [-0.3, -0.25) is 9.67 Å². The van der Waals surface area contributed by atoms with Crippen LogP contribution in [-0.2, 0) is 24.9 Å². The first-order valence-corrected chi connectivity index (χ1v) is 8.12. The molecule has 8 nitrogen and oxygen atoms in total. The van der Waals surface area contributed by atoms with Crippen LogP contribution in [0.4, 0.5) is 0 Å². The lowest BCUT2D eigenvalue weighted by molar-refractivity contribution is 0.145. The summed E-state index contributed by atoms with van der Waals surface area (Å²) < 4.78 is 12.6. The average molecular weight is 346 g/mol. The number of guanidine groups is 1. The quantitative estimate of drug-likeness (QED) is 0.422. The van der Waals surface area contributed by atoms with Crippen LogP contribution in [0, 0.1) is 6.92 Å². The fourth-order valence-corrected chi connectivity index (χ4v) is 2.22. The lowest BCUT2D eigenvalue weighted by Crippen LogP contribution is -2.37. The molecule has 0 saturated heterocycles. The Hall–Kier alpha value is -2.61. The van der Waals surface area contributed by atoms with Gasteiger partial charge in [0.2, 0.25) is 0 Å². The van der Waals surface area contributed by atoms with Crippen molar-refractivity contribution < 1.29 is 9.47 Å². The molecule has 2 aromatic rings. The molecule has 0 saturated carbocycles. The van der Waals surface area contributed by atoms with Gasteiger partial charge in [0.05, 0.1) is 13.2 Å². The number of ether oxygens (including phenoxy) is 2. The van der Waals surface area contributed by atoms with Gasteiger partial charge in [0.15, 0.2) is 5.96 Å². The van der Waals surface area contributed by atoms with Crippen LogP contribution in [0.5, 0.6) is 5.75 Å². The van der Waals surface area contributed by atoms with Gasteiger partial charge in [-0.2, -0.15) is 5.10 Å². The van der Waals surface area contributed by atoms with E-state index in [9.17, 15) is 0 Å². The van der Waals surface area contributed by atoms with E-state index in [2.05, 4.69) is 37.8 Å². The van der Waals surface area contributed by atoms with Crippen molar-refractivity contribution >= 4 is 5.96 Å². The van der Waals surface area contributed by atoms with Gasteiger partial charge in [-0.25, -0.2) is 4.98 Å². The van der Waals surface area contributed by atoms with E-state index in [1.165, 1.54) is 6.33 Å². The lowest BCUT2D eigenvalue weighted by atomic mass is 10.1. The summed E-state index contributed by atoms with van der Waals surface area (Å²) in [6.07, 6.45) is 1.53. The van der Waals surface area contributed by atoms with E-state index in [1.807, 2.05) is 20.0 Å². The summed E-state index contributed by atoms with van der Waals surface area (Å²) in [6.45, 7) is 4.26. The number of methoxy groups -OCH3 is 1. The van der Waals surface area contributed by atoms with Crippen LogP contribution < -0.4 is 15.4 Å². The van der Waals surface area contributed by atoms with Crippen LogP contribution in [0.15, 0.2) is 29.5 Å². The van der Waals surface area contributed by atoms with E-state index in [0.29, 0.717) is 32.3 Å². The zero-order valence-electron chi connectivity index (χ0n) is 15.2. The van der Waals surface area contributed by atoms with E-state index < -0.39 is 0 Å². The number of nitrogens with zero attached hydrogens (tertiary/aromatic N) is 4. The topological polar surface area (TPSA) is 85.6 Å². The molecular weight excluding hydrogens is 320 g/mol. The number of aryl methyl sites for hydroxylation is 2. The van der Waals surface area contributed by atoms with Gasteiger partial charge in [0, 0.05) is 33.3 Å². The van der Waals surface area contributed by atoms with E-state index in [4.69, 9.17) is 9.47 Å². The number of aliphatic imine (C=N–C) groups is 1. The molecule has 0 atom stereocenters. The van der Waals surface area contributed by atoms with E-state index >= 15 is 0 Å². The Balaban J connectivity index is 1.93. The van der Waals surface area contributed by atoms with Gasteiger partial charge in [-0.1, -0.05) is 12.1 Å². The number of hydrogen-bond donors (Lipinski definition) is 2. The number of rotatable bonds is 8. The Labute approximate surface area is 148 Å². The minimum absolute atomic E-state index is 0.520. The number of hydrogen-bond acceptors (Lipinski definition) is 5. The molecule has 136 valence electrons. The molecule has 0 radical (unpaired) electrons. The fourth-order valence-electron chi connectivity index (χ4n) is 2.22. The summed E-state index contributed by atoms with van der Waals surface area (Å²) >= 11 is 0. The number of benzene rings is 1. The highest BCUT2D eigenvalue weighted by molar-refractivity contribution is 5.79. The van der Waals surface area contributed by atoms with Crippen molar-refractivity contribution in [1.29, 1.82) is 0 Å². The molecule has 2 rings (SSSR count). The standard InChI is InChI=1S/C17H26N6O2/c1-13-5-6-14(15(9-13)25-8-7-24-4)10-19-17(18-2)20-11-16-21-12-22-23(16)3/h5-6,9,12H,7-8,10-11H2,1-4H3,(H2,18,19,20). The molecule has 1 heterocycles. The van der Waals surface area contributed by atoms with Gasteiger partial charge >= 0.3 is 0 Å². The fraction of sp³-hybridized carbons (Fsp3) is 0.471. The molecule has 0 aliphatic heterocycles. The van der Waals surface area contributed by atoms with Crippen molar-refractivity contribution in [3.05, 3.63) is 41.5 Å². The van der Waals surface area contributed by atoms with Crippen LogP contribution in [0.1, 0.15) is 17.0 Å². The Kier molecular flexibility index (Phi) is 7.21. The van der Waals surface area contributed by atoms with Crippen LogP contribution in [0.25, 0.3) is 0 Å². The van der Waals surface area contributed by atoms with Gasteiger partial charge < -0.3 is 20.1 Å². The molecule has 0 amide bonds. The summed E-state index contributed by atoms with van der Waals surface area (Å²) in [5, 5.41) is 10.6. The highest BCUT2D eigenvalue weighted by Gasteiger charge is 2.07. The SMILES string of the molecule is CN=C(NCc1ccc(C)cc1OCCOC)NCc1ncnn1C. The first-order chi connectivity index (χ1) is 12.1. The lowest BCUT2D eigenvalue weighted by Gasteiger charge is -2.15. The Morgan fingerprint density at radius 1 is 1.24 bits per heavy atom. The van der Waals surface area contributed by atoms with Gasteiger partial charge in [0.25, 0.3) is 0 Å². The van der Waals surface area contributed by atoms with Crippen molar-refractivity contribution in [3.8, 4) is 5.75 Å². The van der Waals surface area contributed by atoms with Gasteiger partial charge in [-0.05, 0) is 18.6 Å². The normalized spacial score (nSPS) is 11.4. The Morgan fingerprint density at radius 3 is 2.72 bits per heavy atom. The molecule has 8 heteroatoms. The average Bonchev–Trinajstić information content (AvgIpc) is 3.02. The molecule has 0 aliphatic rings. The smallest absolute Gasteiger partial charge is 0.191 e. The second-order valence-electron chi connectivity index (χ2n) is 5.53. The largest absolute Gasteiger partial charge is 0.491 e. The zero-order valence-corrected chi connectivity index (χ0v) is 15.2. The molecule has 2 N–H and O–H groups in total. The zero-order chi connectivity index (χ0) is 18.1. The summed E-state index contributed by atoms with van der Waals surface area (Å²) in [5.74, 6) is 2.38. The van der Waals surface area contributed by atoms with Gasteiger partial charge in [-0.15, -0.1) is 0 Å². The maximum Gasteiger partial charge on any atom is 0.191 e. The van der Waals surface area contributed by atoms with Crippen LogP contribution in [0.2, 0.25) is 0 Å². The molecule has 0 bridgehead atoms. The van der Waals surface area contributed by atoms with E-state index in [0.717, 1.165) is 22.7 Å². The monoisotopic (exact) mass is 346 g/mol. The second kappa shape index (κ2) is 9.63. The molecule has 1 aromatic carbocycles.